The molecule has 0 aromatic carbocycles. The van der Waals surface area contributed by atoms with Crippen LogP contribution in [0.4, 0.5) is 0 Å². The Kier molecular flexibility index (Phi) is 15.7. The first-order valence-corrected chi connectivity index (χ1v) is 10.0. The Bertz CT molecular complexity index is 343. The Labute approximate surface area is 153 Å². The summed E-state index contributed by atoms with van der Waals surface area (Å²) in [5, 5.41) is 18.9. The number of unbranched alkanes of at least 4 members (excludes halogenated alkanes) is 9. The summed E-state index contributed by atoms with van der Waals surface area (Å²) >= 11 is 0. The highest BCUT2D eigenvalue weighted by Crippen LogP contribution is 2.17. The number of aliphatic hydroxyl groups is 1. The van der Waals surface area contributed by atoms with Gasteiger partial charge in [-0.1, -0.05) is 64.7 Å². The second-order valence-corrected chi connectivity index (χ2v) is 6.97. The van der Waals surface area contributed by atoms with Crippen LogP contribution in [0.3, 0.4) is 0 Å². The maximum absolute atomic E-state index is 11.3. The van der Waals surface area contributed by atoms with Crippen molar-refractivity contribution in [3.8, 4) is 0 Å². The maximum atomic E-state index is 11.3. The average Bonchev–Trinajstić information content (AvgIpc) is 2.55. The first-order chi connectivity index (χ1) is 12.0. The monoisotopic (exact) mass is 358 g/mol. The quantitative estimate of drug-likeness (QED) is 0.287. The zero-order valence-electron chi connectivity index (χ0n) is 16.2. The number of rotatable bonds is 17. The van der Waals surface area contributed by atoms with Gasteiger partial charge in [-0.2, -0.15) is 0 Å². The number of hydrogen-bond donors (Lipinski definition) is 2. The van der Waals surface area contributed by atoms with Gasteiger partial charge in [0.15, 0.2) is 0 Å². The second-order valence-electron chi connectivity index (χ2n) is 6.97. The van der Waals surface area contributed by atoms with Crippen molar-refractivity contribution < 1.29 is 24.5 Å². The molecule has 5 heteroatoms. The lowest BCUT2D eigenvalue weighted by molar-refractivity contribution is -0.153. The van der Waals surface area contributed by atoms with E-state index in [-0.39, 0.29) is 12.4 Å². The van der Waals surface area contributed by atoms with E-state index in [1.54, 1.807) is 0 Å². The second kappa shape index (κ2) is 16.4. The molecule has 0 rings (SSSR count). The number of carbonyl (C=O) groups is 2. The van der Waals surface area contributed by atoms with Crippen LogP contribution in [0.25, 0.3) is 0 Å². The fourth-order valence-electron chi connectivity index (χ4n) is 3.01. The molecule has 5 nitrogen and oxygen atoms in total. The van der Waals surface area contributed by atoms with Crippen LogP contribution in [0.5, 0.6) is 0 Å². The molecule has 0 unspecified atom stereocenters. The van der Waals surface area contributed by atoms with E-state index in [4.69, 9.17) is 9.84 Å². The van der Waals surface area contributed by atoms with Crippen LogP contribution in [-0.4, -0.2) is 34.4 Å². The molecular formula is C20H38O5. The number of carboxylic acid groups (broad SMARTS) is 1. The SMILES string of the molecule is CCCCCCCC[C@@H](OC(C)=O)[C@H](O)CCCCCCCC(=O)O. The molecule has 0 spiro atoms. The Hall–Kier alpha value is -1.10. The zero-order chi connectivity index (χ0) is 18.9. The van der Waals surface area contributed by atoms with Gasteiger partial charge < -0.3 is 14.9 Å². The smallest absolute Gasteiger partial charge is 0.303 e. The highest BCUT2D eigenvalue weighted by molar-refractivity contribution is 5.66. The molecule has 0 heterocycles. The van der Waals surface area contributed by atoms with Gasteiger partial charge in [0, 0.05) is 13.3 Å². The van der Waals surface area contributed by atoms with Crippen LogP contribution in [0.15, 0.2) is 0 Å². The molecule has 0 bridgehead atoms. The molecule has 0 aromatic heterocycles. The largest absolute Gasteiger partial charge is 0.481 e. The highest BCUT2D eigenvalue weighted by Gasteiger charge is 2.21. The molecule has 0 aliphatic carbocycles. The molecule has 0 aliphatic rings. The van der Waals surface area contributed by atoms with Gasteiger partial charge in [-0.3, -0.25) is 9.59 Å². The summed E-state index contributed by atoms with van der Waals surface area (Å²) in [4.78, 5) is 21.7. The number of carbonyl (C=O) groups excluding carboxylic acids is 1. The van der Waals surface area contributed by atoms with E-state index in [1.807, 2.05) is 0 Å². The molecule has 0 aliphatic heterocycles. The molecule has 2 atom stereocenters. The molecular weight excluding hydrogens is 320 g/mol. The molecule has 148 valence electrons. The number of hydrogen-bond acceptors (Lipinski definition) is 4. The Morgan fingerprint density at radius 3 is 1.92 bits per heavy atom. The third-order valence-corrected chi connectivity index (χ3v) is 4.48. The molecule has 0 aromatic rings. The topological polar surface area (TPSA) is 83.8 Å². The third-order valence-electron chi connectivity index (χ3n) is 4.48. The van der Waals surface area contributed by atoms with Gasteiger partial charge in [-0.05, 0) is 25.7 Å². The van der Waals surface area contributed by atoms with E-state index < -0.39 is 18.2 Å². The van der Waals surface area contributed by atoms with Crippen molar-refractivity contribution in [2.75, 3.05) is 0 Å². The maximum Gasteiger partial charge on any atom is 0.303 e. The molecule has 2 N–H and O–H groups in total. The number of ether oxygens (including phenoxy) is 1. The molecule has 0 saturated carbocycles. The van der Waals surface area contributed by atoms with Crippen molar-refractivity contribution in [3.05, 3.63) is 0 Å². The van der Waals surface area contributed by atoms with E-state index in [9.17, 15) is 14.7 Å². The molecule has 0 radical (unpaired) electrons. The molecule has 0 fully saturated rings. The average molecular weight is 359 g/mol. The van der Waals surface area contributed by atoms with Crippen LogP contribution in [-0.2, 0) is 14.3 Å². The van der Waals surface area contributed by atoms with Gasteiger partial charge in [0.2, 0.25) is 0 Å². The van der Waals surface area contributed by atoms with Crippen LogP contribution >= 0.6 is 0 Å². The summed E-state index contributed by atoms with van der Waals surface area (Å²) in [6.45, 7) is 3.59. The first kappa shape index (κ1) is 23.9. The minimum atomic E-state index is -0.741. The normalized spacial score (nSPS) is 13.4. The van der Waals surface area contributed by atoms with Crippen LogP contribution in [0.1, 0.15) is 104 Å². The lowest BCUT2D eigenvalue weighted by Gasteiger charge is -2.22. The standard InChI is InChI=1S/C20H38O5/c1-3-4-5-6-9-12-15-19(25-17(2)21)18(22)14-11-8-7-10-13-16-20(23)24/h18-19,22H,3-16H2,1-2H3,(H,23,24)/t18-,19-/m1/s1. The van der Waals surface area contributed by atoms with Crippen molar-refractivity contribution in [1.29, 1.82) is 0 Å². The fraction of sp³-hybridized carbons (Fsp3) is 0.900. The van der Waals surface area contributed by atoms with Crippen molar-refractivity contribution in [1.82, 2.24) is 0 Å². The van der Waals surface area contributed by atoms with Crippen molar-refractivity contribution in [2.45, 2.75) is 116 Å². The van der Waals surface area contributed by atoms with Crippen LogP contribution in [0, 0.1) is 0 Å². The first-order valence-electron chi connectivity index (χ1n) is 10.0. The summed E-state index contributed by atoms with van der Waals surface area (Å²) in [5.74, 6) is -1.07. The Balaban J connectivity index is 3.87. The fourth-order valence-corrected chi connectivity index (χ4v) is 3.01. The summed E-state index contributed by atoms with van der Waals surface area (Å²) in [6.07, 6.45) is 12.1. The van der Waals surface area contributed by atoms with Crippen LogP contribution in [0.2, 0.25) is 0 Å². The summed E-state index contributed by atoms with van der Waals surface area (Å²) in [7, 11) is 0. The summed E-state index contributed by atoms with van der Waals surface area (Å²) in [5.41, 5.74) is 0. The Morgan fingerprint density at radius 2 is 1.36 bits per heavy atom. The molecule has 0 amide bonds. The Morgan fingerprint density at radius 1 is 0.840 bits per heavy atom. The van der Waals surface area contributed by atoms with Gasteiger partial charge in [0.1, 0.15) is 6.10 Å². The molecule has 25 heavy (non-hydrogen) atoms. The van der Waals surface area contributed by atoms with E-state index in [2.05, 4.69) is 6.92 Å². The van der Waals surface area contributed by atoms with Crippen molar-refractivity contribution >= 4 is 11.9 Å². The van der Waals surface area contributed by atoms with E-state index in [1.165, 1.54) is 32.6 Å². The minimum Gasteiger partial charge on any atom is -0.481 e. The predicted octanol–water partition coefficient (Wildman–Crippen LogP) is 4.84. The summed E-state index contributed by atoms with van der Waals surface area (Å²) in [6, 6.07) is 0. The summed E-state index contributed by atoms with van der Waals surface area (Å²) < 4.78 is 5.31. The highest BCUT2D eigenvalue weighted by atomic mass is 16.6. The van der Waals surface area contributed by atoms with Gasteiger partial charge in [0.05, 0.1) is 6.10 Å². The molecule has 0 saturated heterocycles. The van der Waals surface area contributed by atoms with E-state index >= 15 is 0 Å². The van der Waals surface area contributed by atoms with Gasteiger partial charge in [-0.25, -0.2) is 0 Å². The van der Waals surface area contributed by atoms with Crippen molar-refractivity contribution in [2.24, 2.45) is 0 Å². The van der Waals surface area contributed by atoms with E-state index in [0.29, 0.717) is 12.8 Å². The zero-order valence-corrected chi connectivity index (χ0v) is 16.2. The number of carboxylic acids is 1. The van der Waals surface area contributed by atoms with Crippen LogP contribution < -0.4 is 0 Å². The number of aliphatic carboxylic acids is 1. The van der Waals surface area contributed by atoms with Gasteiger partial charge >= 0.3 is 11.9 Å². The number of esters is 1. The van der Waals surface area contributed by atoms with E-state index in [0.717, 1.165) is 44.9 Å². The lowest BCUT2D eigenvalue weighted by Crippen LogP contribution is -2.30. The number of aliphatic hydroxyl groups excluding tert-OH is 1. The van der Waals surface area contributed by atoms with Crippen molar-refractivity contribution in [3.63, 3.8) is 0 Å². The van der Waals surface area contributed by atoms with Gasteiger partial charge in [0.25, 0.3) is 0 Å². The third kappa shape index (κ3) is 16.1. The predicted molar refractivity (Wildman–Crippen MR) is 99.5 cm³/mol. The minimum absolute atomic E-state index is 0.232. The lowest BCUT2D eigenvalue weighted by atomic mass is 9.99. The van der Waals surface area contributed by atoms with Gasteiger partial charge in [-0.15, -0.1) is 0 Å².